The van der Waals surface area contributed by atoms with Gasteiger partial charge in [-0.1, -0.05) is 27.7 Å². The first-order valence-electron chi connectivity index (χ1n) is 8.37. The van der Waals surface area contributed by atoms with Crippen molar-refractivity contribution in [3.05, 3.63) is 11.3 Å². The van der Waals surface area contributed by atoms with E-state index in [1.54, 1.807) is 0 Å². The second-order valence-corrected chi connectivity index (χ2v) is 7.71. The molecule has 1 aliphatic carbocycles. The number of carbonyl (C=O) groups is 1. The number of ketones is 1. The lowest BCUT2D eigenvalue weighted by Crippen LogP contribution is -2.58. The monoisotopic (exact) mass is 377 g/mol. The maximum absolute atomic E-state index is 12.3. The molecule has 1 aliphatic heterocycles. The third kappa shape index (κ3) is 7.81. The van der Waals surface area contributed by atoms with Crippen LogP contribution in [0.1, 0.15) is 47.0 Å². The van der Waals surface area contributed by atoms with Gasteiger partial charge in [0.1, 0.15) is 0 Å². The Morgan fingerprint density at radius 2 is 1.84 bits per heavy atom. The molecule has 0 aromatic rings. The first kappa shape index (κ1) is 22.0. The van der Waals surface area contributed by atoms with Gasteiger partial charge in [-0.15, -0.1) is 0 Å². The number of allylic oxidation sites excluding steroid dienone is 2. The minimum Gasteiger partial charge on any atom is -0.302 e. The summed E-state index contributed by atoms with van der Waals surface area (Å²) in [7, 11) is -4.69. The molecule has 0 fully saturated rings. The molecule has 144 valence electrons. The Balaban J connectivity index is 0.000000550. The summed E-state index contributed by atoms with van der Waals surface area (Å²) in [5.74, 6) is 0.315. The molecule has 0 radical (unpaired) electrons. The molecular weight excluding hydrogens is 350 g/mol. The van der Waals surface area contributed by atoms with Crippen LogP contribution in [0.3, 0.4) is 0 Å². The summed E-state index contributed by atoms with van der Waals surface area (Å²) in [5, 5.41) is 6.59. The van der Waals surface area contributed by atoms with Gasteiger partial charge in [-0.25, -0.2) is 0 Å². The number of rotatable bonds is 5. The fraction of sp³-hybridized carbons (Fsp3) is 0.750. The maximum Gasteiger partial charge on any atom is 0.161 e. The number of halogens is 1. The topological polar surface area (TPSA) is 125 Å². The highest BCUT2D eigenvalue weighted by molar-refractivity contribution is 6.00. The van der Waals surface area contributed by atoms with Gasteiger partial charge in [0.05, 0.1) is 21.4 Å². The van der Waals surface area contributed by atoms with Crippen LogP contribution in [0.5, 0.6) is 0 Å². The number of hydrazone groups is 1. The van der Waals surface area contributed by atoms with Crippen molar-refractivity contribution >= 4 is 12.0 Å². The average molecular weight is 378 g/mol. The lowest BCUT2D eigenvalue weighted by molar-refractivity contribution is -1.92. The molecule has 9 heteroatoms. The Bertz CT molecular complexity index is 518. The summed E-state index contributed by atoms with van der Waals surface area (Å²) in [4.78, 5) is 14.7. The highest BCUT2D eigenvalue weighted by Gasteiger charge is 2.35. The maximum atomic E-state index is 12.3. The zero-order valence-corrected chi connectivity index (χ0v) is 16.1. The summed E-state index contributed by atoms with van der Waals surface area (Å²) in [6.45, 7) is 12.7. The van der Waals surface area contributed by atoms with E-state index in [4.69, 9.17) is 18.6 Å². The predicted molar refractivity (Wildman–Crippen MR) is 84.9 cm³/mol. The van der Waals surface area contributed by atoms with Crippen molar-refractivity contribution in [3.8, 4) is 0 Å². The lowest BCUT2D eigenvalue weighted by atomic mass is 9.75. The van der Waals surface area contributed by atoms with Crippen molar-refractivity contribution in [3.63, 3.8) is 0 Å². The molecule has 8 nitrogen and oxygen atoms in total. The van der Waals surface area contributed by atoms with Crippen LogP contribution in [0, 0.1) is 15.7 Å². The Kier molecular flexibility index (Phi) is 7.98. The van der Waals surface area contributed by atoms with Crippen molar-refractivity contribution in [1.82, 2.24) is 9.91 Å². The first-order valence-corrected chi connectivity index (χ1v) is 9.64. The lowest BCUT2D eigenvalue weighted by Gasteiger charge is -2.38. The van der Waals surface area contributed by atoms with Crippen molar-refractivity contribution in [2.24, 2.45) is 10.5 Å². The van der Waals surface area contributed by atoms with Crippen LogP contribution >= 0.6 is 0 Å². The summed E-state index contributed by atoms with van der Waals surface area (Å²) >= 11 is 0. The minimum atomic E-state index is -4.69. The quantitative estimate of drug-likeness (QED) is 0.620. The first-order chi connectivity index (χ1) is 11.5. The SMILES string of the molecule is CCN(CC)CCN1N=CCC2=C1CC(C)(C)CC2=O.[O-][Cl+3]([O-])([O-])O. The van der Waals surface area contributed by atoms with E-state index in [-0.39, 0.29) is 5.41 Å². The van der Waals surface area contributed by atoms with Gasteiger partial charge in [-0.05, 0) is 24.9 Å². The second kappa shape index (κ2) is 9.07. The third-order valence-electron chi connectivity index (χ3n) is 4.32. The van der Waals surface area contributed by atoms with Crippen molar-refractivity contribution in [2.75, 3.05) is 26.2 Å². The minimum absolute atomic E-state index is 0.0657. The van der Waals surface area contributed by atoms with Crippen LogP contribution in [0.2, 0.25) is 0 Å². The molecule has 2 rings (SSSR count). The number of likely N-dealkylation sites (N-methyl/N-ethyl adjacent to an activating group) is 1. The number of carbonyl (C=O) groups excluding carboxylic acids is 1. The van der Waals surface area contributed by atoms with Gasteiger partial charge in [-0.3, -0.25) is 9.80 Å². The number of Topliss-reactive ketones (excluding diaryl/α,β-unsaturated/α-hetero) is 1. The zero-order chi connectivity index (χ0) is 19.3. The molecule has 0 aromatic heterocycles. The van der Waals surface area contributed by atoms with Gasteiger partial charge in [0.15, 0.2) is 5.78 Å². The number of hydrogen-bond acceptors (Lipinski definition) is 8. The Morgan fingerprint density at radius 3 is 2.36 bits per heavy atom. The van der Waals surface area contributed by atoms with Crippen LogP contribution in [0.15, 0.2) is 16.4 Å². The van der Waals surface area contributed by atoms with Crippen LogP contribution in [-0.2, 0) is 4.79 Å². The molecular formula is C16H28ClN3O5. The number of hydrogen-bond donors (Lipinski definition) is 1. The molecule has 1 N–H and O–H groups in total. The van der Waals surface area contributed by atoms with Crippen LogP contribution < -0.4 is 14.0 Å². The fourth-order valence-corrected chi connectivity index (χ4v) is 3.07. The van der Waals surface area contributed by atoms with Crippen molar-refractivity contribution in [1.29, 1.82) is 0 Å². The predicted octanol–water partition coefficient (Wildman–Crippen LogP) is -1.46. The average Bonchev–Trinajstić information content (AvgIpc) is 2.46. The number of nitrogens with zero attached hydrogens (tertiary/aromatic N) is 3. The van der Waals surface area contributed by atoms with Gasteiger partial charge in [-0.2, -0.15) is 19.1 Å². The van der Waals surface area contributed by atoms with E-state index in [0.717, 1.165) is 38.2 Å². The van der Waals surface area contributed by atoms with E-state index in [1.807, 2.05) is 6.21 Å². The molecule has 0 unspecified atom stereocenters. The Hall–Kier alpha value is -1.03. The van der Waals surface area contributed by atoms with E-state index >= 15 is 0 Å². The van der Waals surface area contributed by atoms with E-state index in [9.17, 15) is 4.79 Å². The molecule has 25 heavy (non-hydrogen) atoms. The van der Waals surface area contributed by atoms with Gasteiger partial charge in [0, 0.05) is 36.9 Å². The zero-order valence-electron chi connectivity index (χ0n) is 15.3. The van der Waals surface area contributed by atoms with Crippen LogP contribution in [-0.4, -0.2) is 52.7 Å². The van der Waals surface area contributed by atoms with E-state index in [1.165, 1.54) is 5.70 Å². The highest BCUT2D eigenvalue weighted by Crippen LogP contribution is 2.40. The molecule has 0 spiro atoms. The molecule has 2 aliphatic rings. The van der Waals surface area contributed by atoms with Crippen LogP contribution in [0.25, 0.3) is 0 Å². The third-order valence-corrected chi connectivity index (χ3v) is 4.32. The van der Waals surface area contributed by atoms with E-state index in [2.05, 4.69) is 42.7 Å². The normalized spacial score (nSPS) is 19.7. The summed E-state index contributed by atoms with van der Waals surface area (Å²) in [6.07, 6.45) is 4.23. The molecule has 0 bridgehead atoms. The molecule has 0 atom stereocenters. The molecule has 0 saturated heterocycles. The van der Waals surface area contributed by atoms with Gasteiger partial charge >= 0.3 is 0 Å². The van der Waals surface area contributed by atoms with Crippen molar-refractivity contribution < 1.29 is 33.7 Å². The van der Waals surface area contributed by atoms with E-state index < -0.39 is 10.2 Å². The standard InChI is InChI=1S/C16H27N3O.ClHO4/c1-5-18(6-2)9-10-19-14-11-16(3,4)12-15(20)13(14)7-8-17-19;2-1(3,4)5/h8H,5-7,9-12H2,1-4H3;(H,2,3,4,5). The Labute approximate surface area is 151 Å². The second-order valence-electron chi connectivity index (χ2n) is 6.91. The fourth-order valence-electron chi connectivity index (χ4n) is 3.07. The summed E-state index contributed by atoms with van der Waals surface area (Å²) in [6, 6.07) is 0. The molecule has 0 aromatic carbocycles. The molecule has 1 heterocycles. The summed E-state index contributed by atoms with van der Waals surface area (Å²) in [5.41, 5.74) is 2.23. The molecule has 0 amide bonds. The van der Waals surface area contributed by atoms with Gasteiger partial charge in [0.2, 0.25) is 0 Å². The van der Waals surface area contributed by atoms with Gasteiger partial charge < -0.3 is 4.90 Å². The van der Waals surface area contributed by atoms with Crippen molar-refractivity contribution in [2.45, 2.75) is 47.0 Å². The van der Waals surface area contributed by atoms with Gasteiger partial charge in [0.25, 0.3) is 0 Å². The largest absolute Gasteiger partial charge is 0.302 e. The molecule has 0 saturated carbocycles. The van der Waals surface area contributed by atoms with Crippen LogP contribution in [0.4, 0.5) is 0 Å². The highest BCUT2D eigenvalue weighted by atomic mass is 35.7. The summed E-state index contributed by atoms with van der Waals surface area (Å²) < 4.78 is 32.7. The Morgan fingerprint density at radius 1 is 1.28 bits per heavy atom. The smallest absolute Gasteiger partial charge is 0.161 e. The van der Waals surface area contributed by atoms with E-state index in [0.29, 0.717) is 18.6 Å².